The molecule has 2 N–H and O–H groups in total. The predicted octanol–water partition coefficient (Wildman–Crippen LogP) is 5.02. The maximum absolute atomic E-state index is 12.2. The second kappa shape index (κ2) is 6.81. The van der Waals surface area contributed by atoms with Crippen LogP contribution in [0.25, 0.3) is 0 Å². The van der Waals surface area contributed by atoms with E-state index in [0.29, 0.717) is 23.7 Å². The molecule has 1 aliphatic heterocycles. The van der Waals surface area contributed by atoms with Gasteiger partial charge < -0.3 is 19.7 Å². The lowest BCUT2D eigenvalue weighted by Gasteiger charge is -2.63. The molecule has 0 radical (unpaired) electrons. The zero-order valence-corrected chi connectivity index (χ0v) is 20.1. The fourth-order valence-corrected chi connectivity index (χ4v) is 9.37. The summed E-state index contributed by atoms with van der Waals surface area (Å²) in [7, 11) is 0. The van der Waals surface area contributed by atoms with E-state index in [0.717, 1.165) is 50.5 Å². The van der Waals surface area contributed by atoms with Crippen molar-refractivity contribution in [1.29, 1.82) is 0 Å². The molecule has 4 aliphatic carbocycles. The summed E-state index contributed by atoms with van der Waals surface area (Å²) < 4.78 is 13.3. The van der Waals surface area contributed by atoms with Crippen LogP contribution in [0.5, 0.6) is 0 Å². The van der Waals surface area contributed by atoms with E-state index in [9.17, 15) is 10.2 Å². The van der Waals surface area contributed by atoms with Crippen molar-refractivity contribution in [3.05, 3.63) is 35.9 Å². The van der Waals surface area contributed by atoms with Crippen LogP contribution in [0.3, 0.4) is 0 Å². The summed E-state index contributed by atoms with van der Waals surface area (Å²) in [6, 6.07) is 10.4. The van der Waals surface area contributed by atoms with Crippen molar-refractivity contribution in [3.63, 3.8) is 0 Å². The Morgan fingerprint density at radius 1 is 0.812 bits per heavy atom. The van der Waals surface area contributed by atoms with Crippen molar-refractivity contribution in [2.24, 2.45) is 34.5 Å². The third-order valence-electron chi connectivity index (χ3n) is 10.9. The van der Waals surface area contributed by atoms with Gasteiger partial charge in [0.15, 0.2) is 5.79 Å². The monoisotopic (exact) mass is 440 g/mol. The highest BCUT2D eigenvalue weighted by Gasteiger charge is 2.70. The molecule has 4 heteroatoms. The third kappa shape index (κ3) is 2.70. The van der Waals surface area contributed by atoms with Gasteiger partial charge in [0.1, 0.15) is 0 Å². The summed E-state index contributed by atoms with van der Waals surface area (Å²) in [5.74, 6) is 1.14. The number of rotatable bonds is 1. The first-order chi connectivity index (χ1) is 15.1. The van der Waals surface area contributed by atoms with Gasteiger partial charge in [-0.25, -0.2) is 0 Å². The molecular weight excluding hydrogens is 400 g/mol. The quantitative estimate of drug-likeness (QED) is 0.644. The second-order valence-corrected chi connectivity index (χ2v) is 12.6. The highest BCUT2D eigenvalue weighted by atomic mass is 16.8. The highest BCUT2D eigenvalue weighted by Crippen LogP contribution is 2.71. The van der Waals surface area contributed by atoms with Gasteiger partial charge in [0.2, 0.25) is 0 Å². The van der Waals surface area contributed by atoms with E-state index in [4.69, 9.17) is 9.47 Å². The first-order valence-electron chi connectivity index (χ1n) is 12.9. The van der Waals surface area contributed by atoms with Crippen molar-refractivity contribution >= 4 is 0 Å². The maximum Gasteiger partial charge on any atom is 0.163 e. The molecule has 0 spiro atoms. The lowest BCUT2D eigenvalue weighted by molar-refractivity contribution is -0.206. The summed E-state index contributed by atoms with van der Waals surface area (Å²) in [6.45, 7) is 8.93. The van der Waals surface area contributed by atoms with Gasteiger partial charge >= 0.3 is 0 Å². The summed E-state index contributed by atoms with van der Waals surface area (Å²) in [5, 5.41) is 22.7. The Labute approximate surface area is 192 Å². The van der Waals surface area contributed by atoms with Crippen molar-refractivity contribution in [2.45, 2.75) is 102 Å². The van der Waals surface area contributed by atoms with Gasteiger partial charge in [0, 0.05) is 5.41 Å². The molecule has 0 bridgehead atoms. The summed E-state index contributed by atoms with van der Waals surface area (Å²) in [6.07, 6.45) is 6.71. The molecule has 10 atom stereocenters. The molecule has 5 aliphatic rings. The lowest BCUT2D eigenvalue weighted by Crippen LogP contribution is -2.64. The van der Waals surface area contributed by atoms with Crippen LogP contribution in [-0.4, -0.2) is 34.3 Å². The Hall–Kier alpha value is -0.940. The largest absolute Gasteiger partial charge is 0.393 e. The molecule has 0 aromatic heterocycles. The minimum atomic E-state index is -0.783. The van der Waals surface area contributed by atoms with E-state index in [-0.39, 0.29) is 29.1 Å². The maximum atomic E-state index is 12.2. The number of aliphatic hydroxyl groups is 2. The van der Waals surface area contributed by atoms with Gasteiger partial charge in [-0.05, 0) is 93.4 Å². The molecule has 1 heterocycles. The van der Waals surface area contributed by atoms with E-state index in [1.165, 1.54) is 0 Å². The van der Waals surface area contributed by atoms with Gasteiger partial charge in [0.25, 0.3) is 0 Å². The van der Waals surface area contributed by atoms with E-state index in [1.54, 1.807) is 0 Å². The van der Waals surface area contributed by atoms with E-state index in [2.05, 4.69) is 38.1 Å². The highest BCUT2D eigenvalue weighted by molar-refractivity contribution is 5.30. The molecule has 1 aromatic rings. The SMILES string of the molecule is CC1(C)O[C@H]2[C@H](O1)C1C(CC[C@@]3(C)[C@H]1CC[C@@]3(O)c1ccccc1)[C@@]1(C)CC[C@H](O)C[C@H]21. The van der Waals surface area contributed by atoms with Gasteiger partial charge in [-0.1, -0.05) is 44.2 Å². The molecule has 1 saturated heterocycles. The molecule has 0 amide bonds. The Bertz CT molecular complexity index is 885. The van der Waals surface area contributed by atoms with Crippen molar-refractivity contribution in [3.8, 4) is 0 Å². The number of benzene rings is 1. The van der Waals surface area contributed by atoms with E-state index >= 15 is 0 Å². The molecule has 4 nitrogen and oxygen atoms in total. The Balaban J connectivity index is 1.43. The van der Waals surface area contributed by atoms with Crippen LogP contribution < -0.4 is 0 Å². The Morgan fingerprint density at radius 3 is 2.25 bits per heavy atom. The Kier molecular flexibility index (Phi) is 4.59. The van der Waals surface area contributed by atoms with Gasteiger partial charge in [-0.15, -0.1) is 0 Å². The zero-order valence-electron chi connectivity index (χ0n) is 20.1. The van der Waals surface area contributed by atoms with Crippen molar-refractivity contribution in [2.75, 3.05) is 0 Å². The molecule has 6 rings (SSSR count). The number of hydrogen-bond acceptors (Lipinski definition) is 4. The van der Waals surface area contributed by atoms with Crippen LogP contribution in [0.4, 0.5) is 0 Å². The fraction of sp³-hybridized carbons (Fsp3) is 0.786. The van der Waals surface area contributed by atoms with Crippen LogP contribution in [0.15, 0.2) is 30.3 Å². The number of aliphatic hydroxyl groups excluding tert-OH is 1. The molecule has 32 heavy (non-hydrogen) atoms. The topological polar surface area (TPSA) is 58.9 Å². The van der Waals surface area contributed by atoms with Gasteiger partial charge in [-0.2, -0.15) is 0 Å². The molecule has 5 fully saturated rings. The lowest BCUT2D eigenvalue weighted by atomic mass is 9.43. The molecule has 4 saturated carbocycles. The van der Waals surface area contributed by atoms with Gasteiger partial charge in [0.05, 0.1) is 23.9 Å². The minimum Gasteiger partial charge on any atom is -0.393 e. The average Bonchev–Trinajstić information content (AvgIpc) is 3.23. The molecular formula is C28H40O4. The first-order valence-corrected chi connectivity index (χ1v) is 12.9. The first kappa shape index (κ1) is 21.6. The van der Waals surface area contributed by atoms with Crippen LogP contribution in [0.1, 0.15) is 78.2 Å². The third-order valence-corrected chi connectivity index (χ3v) is 10.9. The smallest absolute Gasteiger partial charge is 0.163 e. The molecule has 2 unspecified atom stereocenters. The second-order valence-electron chi connectivity index (χ2n) is 12.6. The van der Waals surface area contributed by atoms with Crippen molar-refractivity contribution in [1.82, 2.24) is 0 Å². The van der Waals surface area contributed by atoms with Crippen LogP contribution in [0, 0.1) is 34.5 Å². The average molecular weight is 441 g/mol. The van der Waals surface area contributed by atoms with Crippen molar-refractivity contribution < 1.29 is 19.7 Å². The predicted molar refractivity (Wildman–Crippen MR) is 123 cm³/mol. The Morgan fingerprint density at radius 2 is 1.50 bits per heavy atom. The number of ether oxygens (including phenoxy) is 2. The van der Waals surface area contributed by atoms with Crippen LogP contribution in [0.2, 0.25) is 0 Å². The minimum absolute atomic E-state index is 0.0407. The zero-order chi connectivity index (χ0) is 22.5. The normalized spacial score (nSPS) is 53.8. The summed E-state index contributed by atoms with van der Waals surface area (Å²) >= 11 is 0. The van der Waals surface area contributed by atoms with Crippen LogP contribution in [-0.2, 0) is 15.1 Å². The van der Waals surface area contributed by atoms with Crippen LogP contribution >= 0.6 is 0 Å². The van der Waals surface area contributed by atoms with Gasteiger partial charge in [-0.3, -0.25) is 0 Å². The summed E-state index contributed by atoms with van der Waals surface area (Å²) in [5.41, 5.74) is 0.302. The van der Waals surface area contributed by atoms with E-state index in [1.807, 2.05) is 19.9 Å². The molecule has 176 valence electrons. The summed E-state index contributed by atoms with van der Waals surface area (Å²) in [4.78, 5) is 0. The molecule has 1 aromatic carbocycles. The van der Waals surface area contributed by atoms with E-state index < -0.39 is 11.4 Å². The fourth-order valence-electron chi connectivity index (χ4n) is 9.37. The number of fused-ring (bicyclic) bond motifs is 8. The number of hydrogen-bond donors (Lipinski definition) is 2. The standard InChI is InChI=1S/C28H40O4/c1-25(2)31-23-21-16-18(29)10-13-26(21,3)19-11-14-27(4)20(22(19)24(23)32-25)12-15-28(27,30)17-8-6-5-7-9-17/h5-9,18-24,29-30H,10-16H2,1-4H3/t18-,19?,20-,21+,22?,23+,24+,26+,27-,28+/m0/s1.